The number of hydrogen-bond acceptors (Lipinski definition) is 4. The lowest BCUT2D eigenvalue weighted by atomic mass is 9.99. The Morgan fingerprint density at radius 2 is 2.35 bits per heavy atom. The summed E-state index contributed by atoms with van der Waals surface area (Å²) < 4.78 is 6.85. The lowest BCUT2D eigenvalue weighted by Crippen LogP contribution is -2.18. The van der Waals surface area contributed by atoms with Crippen molar-refractivity contribution >= 4 is 27.3 Å². The van der Waals surface area contributed by atoms with E-state index >= 15 is 0 Å². The van der Waals surface area contributed by atoms with Gasteiger partial charge < -0.3 is 9.84 Å². The van der Waals surface area contributed by atoms with E-state index in [9.17, 15) is 5.11 Å². The van der Waals surface area contributed by atoms with Crippen LogP contribution in [0.5, 0.6) is 5.75 Å². The fourth-order valence-corrected chi connectivity index (χ4v) is 3.02. The molecule has 0 fully saturated rings. The summed E-state index contributed by atoms with van der Waals surface area (Å²) in [6.07, 6.45) is 1.80. The number of aromatic nitrogens is 1. The van der Waals surface area contributed by atoms with Crippen LogP contribution in [0.4, 0.5) is 0 Å². The lowest BCUT2D eigenvalue weighted by molar-refractivity contribution is 0.0673. The first-order chi connectivity index (χ1) is 8.24. The summed E-state index contributed by atoms with van der Waals surface area (Å²) in [6.45, 7) is 0. The van der Waals surface area contributed by atoms with Crippen LogP contribution >= 0.6 is 27.3 Å². The maximum atomic E-state index is 10.1. The third kappa shape index (κ3) is 2.10. The lowest BCUT2D eigenvalue weighted by Gasteiger charge is -2.28. The molecule has 0 bridgehead atoms. The van der Waals surface area contributed by atoms with E-state index in [4.69, 9.17) is 4.74 Å². The van der Waals surface area contributed by atoms with Gasteiger partial charge in [-0.05, 0) is 18.2 Å². The fourth-order valence-electron chi connectivity index (χ4n) is 1.98. The van der Waals surface area contributed by atoms with Crippen molar-refractivity contribution in [1.82, 2.24) is 4.98 Å². The molecular weight excluding hydrogens is 302 g/mol. The van der Waals surface area contributed by atoms with Crippen LogP contribution in [0.25, 0.3) is 0 Å². The number of aliphatic hydroxyl groups excluding tert-OH is 1. The normalized spacial score (nSPS) is 22.9. The molecule has 2 heterocycles. The second kappa shape index (κ2) is 4.40. The topological polar surface area (TPSA) is 42.4 Å². The zero-order valence-electron chi connectivity index (χ0n) is 8.84. The highest BCUT2D eigenvalue weighted by Gasteiger charge is 2.28. The standard InChI is InChI=1S/C12H10BrNO2S/c13-7-1-2-10-8(3-7)9(15)4-11(16-10)12-5-14-6-17-12/h1-3,5-6,9,11,15H,4H2. The predicted molar refractivity (Wildman–Crippen MR) is 69.2 cm³/mol. The van der Waals surface area contributed by atoms with Crippen molar-refractivity contribution in [3.63, 3.8) is 0 Å². The molecular formula is C12H10BrNO2S. The van der Waals surface area contributed by atoms with Gasteiger partial charge in [0.2, 0.25) is 0 Å². The van der Waals surface area contributed by atoms with Crippen molar-refractivity contribution in [1.29, 1.82) is 0 Å². The van der Waals surface area contributed by atoms with E-state index in [1.165, 1.54) is 0 Å². The number of halogens is 1. The molecule has 1 aliphatic heterocycles. The molecule has 0 saturated carbocycles. The van der Waals surface area contributed by atoms with Gasteiger partial charge in [-0.25, -0.2) is 0 Å². The van der Waals surface area contributed by atoms with E-state index in [0.29, 0.717) is 6.42 Å². The minimum atomic E-state index is -0.483. The number of ether oxygens (including phenoxy) is 1. The highest BCUT2D eigenvalue weighted by molar-refractivity contribution is 9.10. The Hall–Kier alpha value is -0.910. The van der Waals surface area contributed by atoms with E-state index in [-0.39, 0.29) is 6.10 Å². The average molecular weight is 312 g/mol. The molecule has 1 N–H and O–H groups in total. The summed E-state index contributed by atoms with van der Waals surface area (Å²) in [7, 11) is 0. The van der Waals surface area contributed by atoms with Crippen LogP contribution in [0.1, 0.15) is 29.1 Å². The summed E-state index contributed by atoms with van der Waals surface area (Å²) in [5.74, 6) is 0.755. The molecule has 0 spiro atoms. The van der Waals surface area contributed by atoms with E-state index in [0.717, 1.165) is 20.7 Å². The molecule has 3 rings (SSSR count). The molecule has 17 heavy (non-hydrogen) atoms. The highest BCUT2D eigenvalue weighted by atomic mass is 79.9. The molecule has 1 aromatic carbocycles. The second-order valence-corrected chi connectivity index (χ2v) is 5.78. The second-order valence-electron chi connectivity index (χ2n) is 3.94. The molecule has 2 unspecified atom stereocenters. The van der Waals surface area contributed by atoms with Gasteiger partial charge in [0.25, 0.3) is 0 Å². The van der Waals surface area contributed by atoms with E-state index in [2.05, 4.69) is 20.9 Å². The van der Waals surface area contributed by atoms with Gasteiger partial charge in [-0.3, -0.25) is 4.98 Å². The van der Waals surface area contributed by atoms with Gasteiger partial charge in [0.15, 0.2) is 0 Å². The van der Waals surface area contributed by atoms with Crippen LogP contribution in [-0.4, -0.2) is 10.1 Å². The summed E-state index contributed by atoms with van der Waals surface area (Å²) >= 11 is 4.95. The van der Waals surface area contributed by atoms with Crippen LogP contribution in [0.2, 0.25) is 0 Å². The number of thiazole rings is 1. The van der Waals surface area contributed by atoms with Crippen LogP contribution in [0.3, 0.4) is 0 Å². The van der Waals surface area contributed by atoms with Gasteiger partial charge in [0.05, 0.1) is 16.5 Å². The third-order valence-electron chi connectivity index (χ3n) is 2.81. The largest absolute Gasteiger partial charge is 0.484 e. The Balaban J connectivity index is 1.96. The van der Waals surface area contributed by atoms with Crippen molar-refractivity contribution in [3.8, 4) is 5.75 Å². The summed E-state index contributed by atoms with van der Waals surface area (Å²) in [5.41, 5.74) is 2.63. The number of rotatable bonds is 1. The Kier molecular flexibility index (Phi) is 2.90. The molecule has 2 aromatic rings. The van der Waals surface area contributed by atoms with Crippen LogP contribution in [-0.2, 0) is 0 Å². The van der Waals surface area contributed by atoms with Gasteiger partial charge in [0, 0.05) is 22.7 Å². The first kappa shape index (κ1) is 11.2. The highest BCUT2D eigenvalue weighted by Crippen LogP contribution is 2.42. The number of hydrogen-bond donors (Lipinski definition) is 1. The van der Waals surface area contributed by atoms with Crippen LogP contribution in [0.15, 0.2) is 34.4 Å². The van der Waals surface area contributed by atoms with E-state index < -0.39 is 6.10 Å². The fraction of sp³-hybridized carbons (Fsp3) is 0.250. The minimum Gasteiger partial charge on any atom is -0.484 e. The van der Waals surface area contributed by atoms with Crippen molar-refractivity contribution < 1.29 is 9.84 Å². The quantitative estimate of drug-likeness (QED) is 0.877. The minimum absolute atomic E-state index is 0.0915. The van der Waals surface area contributed by atoms with Crippen molar-refractivity contribution in [2.45, 2.75) is 18.6 Å². The van der Waals surface area contributed by atoms with Gasteiger partial charge in [-0.2, -0.15) is 0 Å². The molecule has 2 atom stereocenters. The summed E-state index contributed by atoms with van der Waals surface area (Å²) in [6, 6.07) is 5.71. The Morgan fingerprint density at radius 1 is 1.47 bits per heavy atom. The third-order valence-corrected chi connectivity index (χ3v) is 4.17. The molecule has 0 saturated heterocycles. The Morgan fingerprint density at radius 3 is 3.12 bits per heavy atom. The van der Waals surface area contributed by atoms with Gasteiger partial charge in [0.1, 0.15) is 11.9 Å². The van der Waals surface area contributed by atoms with Crippen LogP contribution in [0, 0.1) is 0 Å². The van der Waals surface area contributed by atoms with Gasteiger partial charge >= 0.3 is 0 Å². The zero-order chi connectivity index (χ0) is 11.8. The average Bonchev–Trinajstić information content (AvgIpc) is 2.83. The molecule has 5 heteroatoms. The monoisotopic (exact) mass is 311 g/mol. The van der Waals surface area contributed by atoms with Gasteiger partial charge in [-0.15, -0.1) is 11.3 Å². The van der Waals surface area contributed by atoms with Crippen LogP contribution < -0.4 is 4.74 Å². The van der Waals surface area contributed by atoms with Crippen molar-refractivity contribution in [2.75, 3.05) is 0 Å². The smallest absolute Gasteiger partial charge is 0.137 e. The molecule has 0 radical (unpaired) electrons. The van der Waals surface area contributed by atoms with E-state index in [1.54, 1.807) is 23.0 Å². The molecule has 1 aromatic heterocycles. The molecule has 0 aliphatic carbocycles. The summed E-state index contributed by atoms with van der Waals surface area (Å²) in [5, 5.41) is 10.1. The number of nitrogens with zero attached hydrogens (tertiary/aromatic N) is 1. The van der Waals surface area contributed by atoms with Gasteiger partial charge in [-0.1, -0.05) is 15.9 Å². The zero-order valence-corrected chi connectivity index (χ0v) is 11.2. The Bertz CT molecular complexity index is 529. The molecule has 3 nitrogen and oxygen atoms in total. The molecule has 1 aliphatic rings. The van der Waals surface area contributed by atoms with Crippen molar-refractivity contribution in [2.24, 2.45) is 0 Å². The maximum absolute atomic E-state index is 10.1. The SMILES string of the molecule is OC1CC(c2cncs2)Oc2ccc(Br)cc21. The van der Waals surface area contributed by atoms with Crippen molar-refractivity contribution in [3.05, 3.63) is 44.8 Å². The van der Waals surface area contributed by atoms with E-state index in [1.807, 2.05) is 18.2 Å². The molecule has 0 amide bonds. The number of benzene rings is 1. The number of aliphatic hydroxyl groups is 1. The Labute approximate surface area is 111 Å². The maximum Gasteiger partial charge on any atom is 0.137 e. The predicted octanol–water partition coefficient (Wildman–Crippen LogP) is 3.46. The first-order valence-corrected chi connectivity index (χ1v) is 6.94. The summed E-state index contributed by atoms with van der Waals surface area (Å²) in [4.78, 5) is 5.10. The first-order valence-electron chi connectivity index (χ1n) is 5.26. The number of fused-ring (bicyclic) bond motifs is 1. The molecule has 88 valence electrons.